The van der Waals surface area contributed by atoms with Crippen molar-refractivity contribution in [3.63, 3.8) is 0 Å². The highest BCUT2D eigenvalue weighted by molar-refractivity contribution is 7.10. The number of Topliss-reactive ketones (excluding diaryl/α,β-unsaturated/α-hetero) is 1. The SMILES string of the molecule is CCOC(=O)N1CC(=O)c2ccsc2C1. The molecule has 0 atom stereocenters. The van der Waals surface area contributed by atoms with E-state index in [9.17, 15) is 9.59 Å². The van der Waals surface area contributed by atoms with Gasteiger partial charge in [-0.1, -0.05) is 0 Å². The monoisotopic (exact) mass is 225 g/mol. The van der Waals surface area contributed by atoms with Gasteiger partial charge in [-0.3, -0.25) is 9.69 Å². The van der Waals surface area contributed by atoms with Crippen molar-refractivity contribution in [3.8, 4) is 0 Å². The Labute approximate surface area is 91.5 Å². The average molecular weight is 225 g/mol. The number of thiophene rings is 1. The molecule has 0 unspecified atom stereocenters. The zero-order valence-electron chi connectivity index (χ0n) is 8.36. The van der Waals surface area contributed by atoms with E-state index in [0.717, 1.165) is 10.4 Å². The highest BCUT2D eigenvalue weighted by atomic mass is 32.1. The van der Waals surface area contributed by atoms with Crippen molar-refractivity contribution in [2.45, 2.75) is 13.5 Å². The molecule has 0 aliphatic carbocycles. The Morgan fingerprint density at radius 2 is 2.40 bits per heavy atom. The van der Waals surface area contributed by atoms with Crippen molar-refractivity contribution in [2.75, 3.05) is 13.2 Å². The Morgan fingerprint density at radius 1 is 1.60 bits per heavy atom. The van der Waals surface area contributed by atoms with Gasteiger partial charge in [0.2, 0.25) is 0 Å². The van der Waals surface area contributed by atoms with Crippen molar-refractivity contribution < 1.29 is 14.3 Å². The molecule has 0 saturated carbocycles. The van der Waals surface area contributed by atoms with E-state index < -0.39 is 6.09 Å². The number of rotatable bonds is 1. The summed E-state index contributed by atoms with van der Waals surface area (Å²) in [7, 11) is 0. The Bertz CT molecular complexity index is 399. The molecular weight excluding hydrogens is 214 g/mol. The molecule has 0 bridgehead atoms. The molecule has 0 radical (unpaired) electrons. The third-order valence-corrected chi connectivity index (χ3v) is 3.15. The van der Waals surface area contributed by atoms with E-state index in [4.69, 9.17) is 4.74 Å². The Hall–Kier alpha value is -1.36. The highest BCUT2D eigenvalue weighted by Gasteiger charge is 2.27. The van der Waals surface area contributed by atoms with Crippen LogP contribution in [-0.2, 0) is 11.3 Å². The lowest BCUT2D eigenvalue weighted by Gasteiger charge is -2.24. The molecule has 15 heavy (non-hydrogen) atoms. The van der Waals surface area contributed by atoms with Crippen molar-refractivity contribution in [1.29, 1.82) is 0 Å². The van der Waals surface area contributed by atoms with Gasteiger partial charge in [0.15, 0.2) is 5.78 Å². The van der Waals surface area contributed by atoms with Gasteiger partial charge in [0.25, 0.3) is 0 Å². The third-order valence-electron chi connectivity index (χ3n) is 2.24. The smallest absolute Gasteiger partial charge is 0.410 e. The van der Waals surface area contributed by atoms with E-state index in [0.29, 0.717) is 13.2 Å². The van der Waals surface area contributed by atoms with Gasteiger partial charge in [0, 0.05) is 10.4 Å². The summed E-state index contributed by atoms with van der Waals surface area (Å²) >= 11 is 1.50. The maximum atomic E-state index is 11.6. The Balaban J connectivity index is 2.16. The molecule has 1 aromatic heterocycles. The minimum atomic E-state index is -0.412. The second-order valence-electron chi connectivity index (χ2n) is 3.24. The normalized spacial score (nSPS) is 15.0. The van der Waals surface area contributed by atoms with Crippen molar-refractivity contribution >= 4 is 23.2 Å². The summed E-state index contributed by atoms with van der Waals surface area (Å²) in [5.41, 5.74) is 0.751. The first-order chi connectivity index (χ1) is 7.22. The molecule has 1 aromatic rings. The number of carbonyl (C=O) groups excluding carboxylic acids is 2. The summed E-state index contributed by atoms with van der Waals surface area (Å²) in [6, 6.07) is 1.81. The van der Waals surface area contributed by atoms with Crippen molar-refractivity contribution in [2.24, 2.45) is 0 Å². The quantitative estimate of drug-likeness (QED) is 0.733. The van der Waals surface area contributed by atoms with Crippen LogP contribution in [0.1, 0.15) is 22.2 Å². The van der Waals surface area contributed by atoms with E-state index in [2.05, 4.69) is 0 Å². The highest BCUT2D eigenvalue weighted by Crippen LogP contribution is 2.24. The lowest BCUT2D eigenvalue weighted by atomic mass is 10.1. The fourth-order valence-corrected chi connectivity index (χ4v) is 2.45. The van der Waals surface area contributed by atoms with E-state index in [1.54, 1.807) is 6.92 Å². The molecule has 0 spiro atoms. The zero-order chi connectivity index (χ0) is 10.8. The number of carbonyl (C=O) groups is 2. The maximum absolute atomic E-state index is 11.6. The fraction of sp³-hybridized carbons (Fsp3) is 0.400. The van der Waals surface area contributed by atoms with Crippen LogP contribution < -0.4 is 0 Å². The van der Waals surface area contributed by atoms with Gasteiger partial charge >= 0.3 is 6.09 Å². The predicted octanol–water partition coefficient (Wildman–Crippen LogP) is 1.90. The zero-order valence-corrected chi connectivity index (χ0v) is 9.17. The summed E-state index contributed by atoms with van der Waals surface area (Å²) in [5.74, 6) is -0.00875. The van der Waals surface area contributed by atoms with Crippen molar-refractivity contribution in [1.82, 2.24) is 4.90 Å². The first kappa shape index (κ1) is 10.2. The molecule has 0 saturated heterocycles. The first-order valence-electron chi connectivity index (χ1n) is 4.73. The lowest BCUT2D eigenvalue weighted by Crippen LogP contribution is -2.39. The fourth-order valence-electron chi connectivity index (χ4n) is 1.54. The first-order valence-corrected chi connectivity index (χ1v) is 5.61. The number of hydrogen-bond acceptors (Lipinski definition) is 4. The summed E-state index contributed by atoms with van der Waals surface area (Å²) in [5, 5.41) is 1.87. The molecule has 80 valence electrons. The van der Waals surface area contributed by atoms with Crippen LogP contribution in [0.15, 0.2) is 11.4 Å². The van der Waals surface area contributed by atoms with Gasteiger partial charge in [-0.2, -0.15) is 0 Å². The standard InChI is InChI=1S/C10H11NO3S/c1-2-14-10(13)11-5-8(12)7-3-4-15-9(7)6-11/h3-4H,2,5-6H2,1H3. The largest absolute Gasteiger partial charge is 0.450 e. The molecule has 2 heterocycles. The Morgan fingerprint density at radius 3 is 3.13 bits per heavy atom. The van der Waals surface area contributed by atoms with Crippen LogP contribution in [0.3, 0.4) is 0 Å². The number of nitrogens with zero attached hydrogens (tertiary/aromatic N) is 1. The van der Waals surface area contributed by atoms with Crippen LogP contribution in [0.4, 0.5) is 4.79 Å². The molecule has 4 nitrogen and oxygen atoms in total. The summed E-state index contributed by atoms with van der Waals surface area (Å²) in [6.45, 7) is 2.70. The molecule has 1 aliphatic rings. The van der Waals surface area contributed by atoms with Gasteiger partial charge in [-0.05, 0) is 18.4 Å². The van der Waals surface area contributed by atoms with Crippen molar-refractivity contribution in [3.05, 3.63) is 21.9 Å². The molecular formula is C10H11NO3S. The number of ether oxygens (including phenoxy) is 1. The third kappa shape index (κ3) is 1.87. The van der Waals surface area contributed by atoms with Gasteiger partial charge in [0.1, 0.15) is 0 Å². The van der Waals surface area contributed by atoms with E-state index in [1.165, 1.54) is 16.2 Å². The molecule has 5 heteroatoms. The van der Waals surface area contributed by atoms with Crippen LogP contribution in [-0.4, -0.2) is 29.9 Å². The lowest BCUT2D eigenvalue weighted by molar-refractivity contribution is 0.0801. The van der Waals surface area contributed by atoms with E-state index in [1.807, 2.05) is 11.4 Å². The minimum Gasteiger partial charge on any atom is -0.450 e. The predicted molar refractivity (Wildman–Crippen MR) is 56.1 cm³/mol. The number of fused-ring (bicyclic) bond motifs is 1. The van der Waals surface area contributed by atoms with Crippen LogP contribution in [0.2, 0.25) is 0 Å². The van der Waals surface area contributed by atoms with Gasteiger partial charge < -0.3 is 4.74 Å². The van der Waals surface area contributed by atoms with Gasteiger partial charge in [-0.15, -0.1) is 11.3 Å². The molecule has 1 amide bonds. The van der Waals surface area contributed by atoms with Crippen LogP contribution in [0.25, 0.3) is 0 Å². The van der Waals surface area contributed by atoms with Gasteiger partial charge in [-0.25, -0.2) is 4.79 Å². The van der Waals surface area contributed by atoms with E-state index >= 15 is 0 Å². The minimum absolute atomic E-state index is 0.00875. The number of amides is 1. The second kappa shape index (κ2) is 4.02. The number of ketones is 1. The second-order valence-corrected chi connectivity index (χ2v) is 4.24. The van der Waals surface area contributed by atoms with Crippen LogP contribution in [0, 0.1) is 0 Å². The topological polar surface area (TPSA) is 46.6 Å². The molecule has 0 fully saturated rings. The molecule has 0 aromatic carbocycles. The molecule has 2 rings (SSSR count). The summed E-state index contributed by atoms with van der Waals surface area (Å²) in [6.07, 6.45) is -0.412. The summed E-state index contributed by atoms with van der Waals surface area (Å²) in [4.78, 5) is 25.4. The van der Waals surface area contributed by atoms with Gasteiger partial charge in [0.05, 0.1) is 19.7 Å². The summed E-state index contributed by atoms with van der Waals surface area (Å²) < 4.78 is 4.86. The number of hydrogen-bond donors (Lipinski definition) is 0. The van der Waals surface area contributed by atoms with Crippen LogP contribution in [0.5, 0.6) is 0 Å². The van der Waals surface area contributed by atoms with E-state index in [-0.39, 0.29) is 12.3 Å². The molecule has 0 N–H and O–H groups in total. The Kier molecular flexibility index (Phi) is 2.73. The van der Waals surface area contributed by atoms with Crippen LogP contribution >= 0.6 is 11.3 Å². The average Bonchev–Trinajstić information content (AvgIpc) is 2.66. The molecule has 1 aliphatic heterocycles. The maximum Gasteiger partial charge on any atom is 0.410 e.